The van der Waals surface area contributed by atoms with Crippen molar-refractivity contribution in [1.82, 2.24) is 30.0 Å². The maximum atomic E-state index is 12.9. The fraction of sp³-hybridized carbons (Fsp3) is 0.238. The van der Waals surface area contributed by atoms with Crippen LogP contribution in [0.3, 0.4) is 0 Å². The van der Waals surface area contributed by atoms with E-state index >= 15 is 0 Å². The van der Waals surface area contributed by atoms with Crippen molar-refractivity contribution in [2.24, 2.45) is 13.0 Å². The number of H-pyrrole nitrogens is 1. The van der Waals surface area contributed by atoms with Crippen molar-refractivity contribution in [3.05, 3.63) is 66.4 Å². The van der Waals surface area contributed by atoms with E-state index in [1.54, 1.807) is 18.5 Å². The molecule has 3 heterocycles. The number of nitrogens with one attached hydrogen (secondary N) is 2. The molecule has 3 aromatic heterocycles. The van der Waals surface area contributed by atoms with E-state index in [0.29, 0.717) is 11.4 Å². The summed E-state index contributed by atoms with van der Waals surface area (Å²) in [5.74, 6) is 0.783. The smallest absolute Gasteiger partial charge is 0.269 e. The fourth-order valence-corrected chi connectivity index (χ4v) is 3.29. The Morgan fingerprint density at radius 2 is 2.00 bits per heavy atom. The van der Waals surface area contributed by atoms with Crippen LogP contribution in [0.5, 0.6) is 0 Å². The number of fused-ring (bicyclic) bond motifs is 1. The molecule has 0 unspecified atom stereocenters. The first kappa shape index (κ1) is 17.9. The standard InChI is InChI=1S/C21H22N6O/c1-13(2)19(20-23-15-8-4-5-9-18(15)27(20)3)24-21(28)17-11-16(25-26-17)14-7-6-10-22-12-14/h4-13,19H,1-3H3,(H,24,28)(H,25,26)/t19-/m0/s1. The molecule has 1 atom stereocenters. The Hall–Kier alpha value is -3.48. The number of rotatable bonds is 5. The molecule has 0 bridgehead atoms. The second-order valence-electron chi connectivity index (χ2n) is 7.12. The molecule has 0 aliphatic rings. The van der Waals surface area contributed by atoms with Crippen LogP contribution in [0, 0.1) is 5.92 Å². The molecule has 0 saturated heterocycles. The summed E-state index contributed by atoms with van der Waals surface area (Å²) in [6.07, 6.45) is 3.42. The number of hydrogen-bond acceptors (Lipinski definition) is 4. The van der Waals surface area contributed by atoms with Gasteiger partial charge in [-0.05, 0) is 36.2 Å². The zero-order valence-electron chi connectivity index (χ0n) is 16.0. The third-order valence-corrected chi connectivity index (χ3v) is 4.83. The van der Waals surface area contributed by atoms with E-state index in [0.717, 1.165) is 22.4 Å². The van der Waals surface area contributed by atoms with Gasteiger partial charge in [-0.1, -0.05) is 26.0 Å². The molecule has 4 aromatic rings. The lowest BCUT2D eigenvalue weighted by atomic mass is 10.0. The van der Waals surface area contributed by atoms with Crippen molar-refractivity contribution in [2.45, 2.75) is 19.9 Å². The number of nitrogens with zero attached hydrogens (tertiary/aromatic N) is 4. The number of hydrogen-bond donors (Lipinski definition) is 2. The van der Waals surface area contributed by atoms with Gasteiger partial charge >= 0.3 is 0 Å². The van der Waals surface area contributed by atoms with Gasteiger partial charge in [0.2, 0.25) is 0 Å². The lowest BCUT2D eigenvalue weighted by Gasteiger charge is -2.21. The summed E-state index contributed by atoms with van der Waals surface area (Å²) in [6.45, 7) is 4.14. The van der Waals surface area contributed by atoms with E-state index in [1.165, 1.54) is 0 Å². The average molecular weight is 374 g/mol. The maximum Gasteiger partial charge on any atom is 0.269 e. The molecule has 0 saturated carbocycles. The second-order valence-corrected chi connectivity index (χ2v) is 7.12. The summed E-state index contributed by atoms with van der Waals surface area (Å²) >= 11 is 0. The van der Waals surface area contributed by atoms with Crippen LogP contribution in [0.4, 0.5) is 0 Å². The second kappa shape index (κ2) is 7.26. The molecule has 1 aromatic carbocycles. The van der Waals surface area contributed by atoms with Gasteiger partial charge in [-0.3, -0.25) is 14.9 Å². The van der Waals surface area contributed by atoms with Gasteiger partial charge in [0, 0.05) is 25.0 Å². The Morgan fingerprint density at radius 3 is 2.71 bits per heavy atom. The van der Waals surface area contributed by atoms with Crippen molar-refractivity contribution < 1.29 is 4.79 Å². The number of amides is 1. The Labute approximate surface area is 162 Å². The molecule has 142 valence electrons. The monoisotopic (exact) mass is 374 g/mol. The van der Waals surface area contributed by atoms with E-state index in [4.69, 9.17) is 4.98 Å². The quantitative estimate of drug-likeness (QED) is 0.560. The molecule has 0 aliphatic carbocycles. The minimum Gasteiger partial charge on any atom is -0.341 e. The Bertz CT molecular complexity index is 1110. The molecule has 0 fully saturated rings. The van der Waals surface area contributed by atoms with Crippen molar-refractivity contribution >= 4 is 16.9 Å². The number of aryl methyl sites for hydroxylation is 1. The highest BCUT2D eigenvalue weighted by molar-refractivity contribution is 5.93. The average Bonchev–Trinajstić information content (AvgIpc) is 3.32. The van der Waals surface area contributed by atoms with E-state index in [9.17, 15) is 4.79 Å². The highest BCUT2D eigenvalue weighted by Crippen LogP contribution is 2.25. The first-order chi connectivity index (χ1) is 13.5. The number of carbonyl (C=O) groups is 1. The first-order valence-electron chi connectivity index (χ1n) is 9.22. The number of benzene rings is 1. The fourth-order valence-electron chi connectivity index (χ4n) is 3.29. The molecule has 4 rings (SSSR count). The molecule has 0 radical (unpaired) electrons. The van der Waals surface area contributed by atoms with Crippen LogP contribution in [0.25, 0.3) is 22.3 Å². The van der Waals surface area contributed by atoms with Gasteiger partial charge in [-0.25, -0.2) is 4.98 Å². The van der Waals surface area contributed by atoms with Crippen LogP contribution < -0.4 is 5.32 Å². The van der Waals surface area contributed by atoms with Crippen LogP contribution in [-0.2, 0) is 7.05 Å². The van der Waals surface area contributed by atoms with Crippen molar-refractivity contribution in [3.8, 4) is 11.3 Å². The summed E-state index contributed by atoms with van der Waals surface area (Å²) < 4.78 is 2.04. The number of aromatic amines is 1. The van der Waals surface area contributed by atoms with Gasteiger partial charge < -0.3 is 9.88 Å². The van der Waals surface area contributed by atoms with Gasteiger partial charge in [-0.15, -0.1) is 0 Å². The van der Waals surface area contributed by atoms with Crippen molar-refractivity contribution in [3.63, 3.8) is 0 Å². The topological polar surface area (TPSA) is 88.5 Å². The zero-order valence-corrected chi connectivity index (χ0v) is 16.0. The zero-order chi connectivity index (χ0) is 19.7. The summed E-state index contributed by atoms with van der Waals surface area (Å²) in [5.41, 5.74) is 3.90. The number of para-hydroxylation sites is 2. The normalized spacial score (nSPS) is 12.4. The molecular formula is C21H22N6O. The van der Waals surface area contributed by atoms with E-state index < -0.39 is 0 Å². The Morgan fingerprint density at radius 1 is 1.18 bits per heavy atom. The maximum absolute atomic E-state index is 12.9. The third kappa shape index (κ3) is 3.26. The number of imidazole rings is 1. The molecular weight excluding hydrogens is 352 g/mol. The lowest BCUT2D eigenvalue weighted by Crippen LogP contribution is -2.33. The molecule has 28 heavy (non-hydrogen) atoms. The molecule has 1 amide bonds. The Kier molecular flexibility index (Phi) is 4.65. The highest BCUT2D eigenvalue weighted by atomic mass is 16.2. The van der Waals surface area contributed by atoms with Gasteiger partial charge in [0.25, 0.3) is 5.91 Å². The first-order valence-corrected chi connectivity index (χ1v) is 9.22. The largest absolute Gasteiger partial charge is 0.341 e. The minimum atomic E-state index is -0.227. The molecule has 2 N–H and O–H groups in total. The predicted octanol–water partition coefficient (Wildman–Crippen LogP) is 3.49. The molecule has 7 nitrogen and oxygen atoms in total. The number of pyridine rings is 1. The number of carbonyl (C=O) groups excluding carboxylic acids is 1. The molecule has 7 heteroatoms. The number of aromatic nitrogens is 5. The van der Waals surface area contributed by atoms with E-state index in [1.807, 2.05) is 48.0 Å². The van der Waals surface area contributed by atoms with Gasteiger partial charge in [0.1, 0.15) is 11.5 Å². The van der Waals surface area contributed by atoms with Crippen LogP contribution in [0.15, 0.2) is 54.9 Å². The van der Waals surface area contributed by atoms with Crippen LogP contribution in [0.2, 0.25) is 0 Å². The van der Waals surface area contributed by atoms with Crippen LogP contribution in [0.1, 0.15) is 36.2 Å². The summed E-state index contributed by atoms with van der Waals surface area (Å²) in [4.78, 5) is 21.7. The summed E-state index contributed by atoms with van der Waals surface area (Å²) in [7, 11) is 1.98. The van der Waals surface area contributed by atoms with Gasteiger partial charge in [-0.2, -0.15) is 5.10 Å². The predicted molar refractivity (Wildman–Crippen MR) is 108 cm³/mol. The van der Waals surface area contributed by atoms with Crippen LogP contribution >= 0.6 is 0 Å². The van der Waals surface area contributed by atoms with Crippen molar-refractivity contribution in [2.75, 3.05) is 0 Å². The van der Waals surface area contributed by atoms with E-state index in [-0.39, 0.29) is 17.9 Å². The third-order valence-electron chi connectivity index (χ3n) is 4.83. The molecule has 0 aliphatic heterocycles. The lowest BCUT2D eigenvalue weighted by molar-refractivity contribution is 0.0917. The highest BCUT2D eigenvalue weighted by Gasteiger charge is 2.25. The summed E-state index contributed by atoms with van der Waals surface area (Å²) in [6, 6.07) is 13.2. The van der Waals surface area contributed by atoms with Gasteiger partial charge in [0.05, 0.1) is 22.8 Å². The van der Waals surface area contributed by atoms with Crippen LogP contribution in [-0.4, -0.2) is 30.6 Å². The molecule has 0 spiro atoms. The van der Waals surface area contributed by atoms with E-state index in [2.05, 4.69) is 34.3 Å². The minimum absolute atomic E-state index is 0.167. The van der Waals surface area contributed by atoms with Gasteiger partial charge in [0.15, 0.2) is 0 Å². The summed E-state index contributed by atoms with van der Waals surface area (Å²) in [5, 5.41) is 10.2. The van der Waals surface area contributed by atoms with Crippen molar-refractivity contribution in [1.29, 1.82) is 0 Å². The SMILES string of the molecule is CC(C)[C@H](NC(=O)c1cc(-c2cccnc2)n[nH]1)c1nc2ccccc2n1C. The Balaban J connectivity index is 1.61.